The number of rotatable bonds is 5. The molecule has 4 nitrogen and oxygen atoms in total. The Morgan fingerprint density at radius 3 is 2.48 bits per heavy atom. The first kappa shape index (κ1) is 19.9. The van der Waals surface area contributed by atoms with Gasteiger partial charge in [-0.3, -0.25) is 9.69 Å². The second-order valence-corrected chi connectivity index (χ2v) is 8.60. The molecule has 2 aromatic carbocycles. The molecule has 0 unspecified atom stereocenters. The number of thioether (sulfide) groups is 1. The molecule has 1 aliphatic heterocycles. The molecule has 1 heterocycles. The molecule has 0 atom stereocenters. The number of amides is 1. The Labute approximate surface area is 173 Å². The van der Waals surface area contributed by atoms with E-state index in [9.17, 15) is 4.79 Å². The molecule has 1 fully saturated rings. The smallest absolute Gasteiger partial charge is 0.233 e. The van der Waals surface area contributed by atoms with Crippen LogP contribution in [0.15, 0.2) is 51.8 Å². The number of nitrogens with zero attached hydrogens (tertiary/aromatic N) is 3. The van der Waals surface area contributed by atoms with Gasteiger partial charge in [0.15, 0.2) is 0 Å². The third-order valence-corrected chi connectivity index (χ3v) is 6.36. The van der Waals surface area contributed by atoms with Crippen molar-refractivity contribution >= 4 is 33.6 Å². The van der Waals surface area contributed by atoms with Crippen LogP contribution in [0.5, 0.6) is 0 Å². The molecule has 0 bridgehead atoms. The highest BCUT2D eigenvalue weighted by Crippen LogP contribution is 2.25. The highest BCUT2D eigenvalue weighted by Gasteiger charge is 2.21. The Morgan fingerprint density at radius 1 is 1.15 bits per heavy atom. The lowest BCUT2D eigenvalue weighted by atomic mass is 10.1. The molecule has 27 heavy (non-hydrogen) atoms. The predicted molar refractivity (Wildman–Crippen MR) is 113 cm³/mol. The molecule has 0 N–H and O–H groups in total. The maximum Gasteiger partial charge on any atom is 0.233 e. The highest BCUT2D eigenvalue weighted by atomic mass is 79.9. The van der Waals surface area contributed by atoms with E-state index in [0.29, 0.717) is 11.3 Å². The summed E-state index contributed by atoms with van der Waals surface area (Å²) < 4.78 is 1.06. The van der Waals surface area contributed by atoms with E-state index < -0.39 is 0 Å². The Kier molecular flexibility index (Phi) is 6.95. The standard InChI is InChI=1S/C21H22BrN3OS/c1-16-12-19(22)6-7-20(16)27-15-21(26)25-10-8-24(9-11-25)14-18-4-2-17(13-23)3-5-18/h2-7,12H,8-11,14-15H2,1H3. The molecule has 2 aromatic rings. The predicted octanol–water partition coefficient (Wildman–Crippen LogP) is 4.07. The van der Waals surface area contributed by atoms with E-state index in [0.717, 1.165) is 42.1 Å². The zero-order valence-electron chi connectivity index (χ0n) is 15.3. The van der Waals surface area contributed by atoms with E-state index in [4.69, 9.17) is 5.26 Å². The van der Waals surface area contributed by atoms with E-state index in [-0.39, 0.29) is 5.91 Å². The van der Waals surface area contributed by atoms with Crippen LogP contribution < -0.4 is 0 Å². The van der Waals surface area contributed by atoms with Crippen LogP contribution in [0.2, 0.25) is 0 Å². The lowest BCUT2D eigenvalue weighted by Crippen LogP contribution is -2.48. The molecule has 0 spiro atoms. The molecule has 6 heteroatoms. The zero-order valence-corrected chi connectivity index (χ0v) is 17.7. The van der Waals surface area contributed by atoms with Crippen LogP contribution in [0.4, 0.5) is 0 Å². The minimum atomic E-state index is 0.209. The van der Waals surface area contributed by atoms with Crippen molar-refractivity contribution in [2.45, 2.75) is 18.4 Å². The van der Waals surface area contributed by atoms with Gasteiger partial charge in [0, 0.05) is 42.1 Å². The number of carbonyl (C=O) groups excluding carboxylic acids is 1. The van der Waals surface area contributed by atoms with Gasteiger partial charge >= 0.3 is 0 Å². The van der Waals surface area contributed by atoms with Gasteiger partial charge in [0.05, 0.1) is 17.4 Å². The van der Waals surface area contributed by atoms with Gasteiger partial charge in [-0.2, -0.15) is 5.26 Å². The SMILES string of the molecule is Cc1cc(Br)ccc1SCC(=O)N1CCN(Cc2ccc(C#N)cc2)CC1. The minimum absolute atomic E-state index is 0.209. The fraction of sp³-hybridized carbons (Fsp3) is 0.333. The van der Waals surface area contributed by atoms with Crippen molar-refractivity contribution in [2.75, 3.05) is 31.9 Å². The van der Waals surface area contributed by atoms with Crippen LogP contribution >= 0.6 is 27.7 Å². The Hall–Kier alpha value is -1.81. The lowest BCUT2D eigenvalue weighted by Gasteiger charge is -2.34. The molecule has 0 radical (unpaired) electrons. The van der Waals surface area contributed by atoms with Crippen LogP contribution in [-0.2, 0) is 11.3 Å². The number of hydrogen-bond acceptors (Lipinski definition) is 4. The van der Waals surface area contributed by atoms with Gasteiger partial charge in [-0.1, -0.05) is 28.1 Å². The lowest BCUT2D eigenvalue weighted by molar-refractivity contribution is -0.130. The first-order chi connectivity index (χ1) is 13.0. The molecule has 0 aromatic heterocycles. The third-order valence-electron chi connectivity index (χ3n) is 4.70. The van der Waals surface area contributed by atoms with E-state index in [2.05, 4.69) is 46.0 Å². The number of aryl methyl sites for hydroxylation is 1. The summed E-state index contributed by atoms with van der Waals surface area (Å²) in [6.07, 6.45) is 0. The fourth-order valence-corrected chi connectivity index (χ4v) is 4.49. The quantitative estimate of drug-likeness (QED) is 0.653. The molecule has 1 saturated heterocycles. The first-order valence-electron chi connectivity index (χ1n) is 8.93. The second kappa shape index (κ2) is 9.41. The van der Waals surface area contributed by atoms with Gasteiger partial charge < -0.3 is 4.90 Å². The summed E-state index contributed by atoms with van der Waals surface area (Å²) in [5.41, 5.74) is 3.08. The average molecular weight is 444 g/mol. The summed E-state index contributed by atoms with van der Waals surface area (Å²) in [6, 6.07) is 16.0. The van der Waals surface area contributed by atoms with Gasteiger partial charge in [0.2, 0.25) is 5.91 Å². The molecule has 0 aliphatic carbocycles. The Morgan fingerprint density at radius 2 is 1.85 bits per heavy atom. The number of piperazine rings is 1. The zero-order chi connectivity index (χ0) is 19.2. The normalized spacial score (nSPS) is 14.8. The van der Waals surface area contributed by atoms with Crippen LogP contribution in [-0.4, -0.2) is 47.6 Å². The molecule has 0 saturated carbocycles. The highest BCUT2D eigenvalue weighted by molar-refractivity contribution is 9.10. The summed E-state index contributed by atoms with van der Waals surface area (Å²) in [6.45, 7) is 6.24. The summed E-state index contributed by atoms with van der Waals surface area (Å²) in [4.78, 5) is 18.0. The summed E-state index contributed by atoms with van der Waals surface area (Å²) in [5, 5.41) is 8.87. The van der Waals surface area contributed by atoms with Crippen molar-refractivity contribution in [1.29, 1.82) is 5.26 Å². The van der Waals surface area contributed by atoms with Crippen molar-refractivity contribution in [1.82, 2.24) is 9.80 Å². The number of carbonyl (C=O) groups is 1. The van der Waals surface area contributed by atoms with Gasteiger partial charge in [-0.05, 0) is 48.4 Å². The van der Waals surface area contributed by atoms with Crippen LogP contribution in [0.25, 0.3) is 0 Å². The van der Waals surface area contributed by atoms with E-state index >= 15 is 0 Å². The molecular formula is C21H22BrN3OS. The molecule has 3 rings (SSSR count). The summed E-state index contributed by atoms with van der Waals surface area (Å²) >= 11 is 5.08. The van der Waals surface area contributed by atoms with Crippen LogP contribution in [0.3, 0.4) is 0 Å². The molecule has 140 valence electrons. The second-order valence-electron chi connectivity index (χ2n) is 6.66. The van der Waals surface area contributed by atoms with Crippen molar-refractivity contribution in [3.05, 3.63) is 63.6 Å². The van der Waals surface area contributed by atoms with Gasteiger partial charge in [0.25, 0.3) is 0 Å². The summed E-state index contributed by atoms with van der Waals surface area (Å²) in [5.74, 6) is 0.693. The van der Waals surface area contributed by atoms with Crippen molar-refractivity contribution in [3.63, 3.8) is 0 Å². The van der Waals surface area contributed by atoms with Crippen LogP contribution in [0.1, 0.15) is 16.7 Å². The number of halogens is 1. The maximum atomic E-state index is 12.5. The van der Waals surface area contributed by atoms with Crippen LogP contribution in [0, 0.1) is 18.3 Å². The van der Waals surface area contributed by atoms with Crippen molar-refractivity contribution < 1.29 is 4.79 Å². The minimum Gasteiger partial charge on any atom is -0.339 e. The topological polar surface area (TPSA) is 47.3 Å². The molecule has 1 aliphatic rings. The van der Waals surface area contributed by atoms with E-state index in [1.54, 1.807) is 11.8 Å². The van der Waals surface area contributed by atoms with Gasteiger partial charge in [-0.15, -0.1) is 11.8 Å². The van der Waals surface area contributed by atoms with E-state index in [1.165, 1.54) is 11.1 Å². The summed E-state index contributed by atoms with van der Waals surface area (Å²) in [7, 11) is 0. The average Bonchev–Trinajstić information content (AvgIpc) is 2.68. The fourth-order valence-electron chi connectivity index (χ4n) is 3.10. The first-order valence-corrected chi connectivity index (χ1v) is 10.7. The van der Waals surface area contributed by atoms with Gasteiger partial charge in [-0.25, -0.2) is 0 Å². The number of nitriles is 1. The molecule has 1 amide bonds. The Bertz CT molecular complexity index is 839. The molecular weight excluding hydrogens is 422 g/mol. The number of hydrogen-bond donors (Lipinski definition) is 0. The van der Waals surface area contributed by atoms with Crippen molar-refractivity contribution in [2.24, 2.45) is 0 Å². The van der Waals surface area contributed by atoms with Crippen molar-refractivity contribution in [3.8, 4) is 6.07 Å². The van der Waals surface area contributed by atoms with E-state index in [1.807, 2.05) is 35.2 Å². The van der Waals surface area contributed by atoms with Gasteiger partial charge in [0.1, 0.15) is 0 Å². The third kappa shape index (κ3) is 5.58. The maximum absolute atomic E-state index is 12.5. The number of benzene rings is 2. The monoisotopic (exact) mass is 443 g/mol. The largest absolute Gasteiger partial charge is 0.339 e. The Balaban J connectivity index is 1.45.